The van der Waals surface area contributed by atoms with Crippen LogP contribution >= 0.6 is 0 Å². The summed E-state index contributed by atoms with van der Waals surface area (Å²) in [6, 6.07) is 25.5. The first-order valence-electron chi connectivity index (χ1n) is 11.9. The van der Waals surface area contributed by atoms with Gasteiger partial charge in [-0.1, -0.05) is 70.2 Å². The van der Waals surface area contributed by atoms with E-state index in [4.69, 9.17) is 13.8 Å². The maximum Gasteiger partial charge on any atom is 0.227 e. The van der Waals surface area contributed by atoms with Crippen LogP contribution in [0.4, 0.5) is 0 Å². The summed E-state index contributed by atoms with van der Waals surface area (Å²) in [6.07, 6.45) is 0. The summed E-state index contributed by atoms with van der Waals surface area (Å²) in [5, 5.41) is 3.35. The molecule has 3 aromatic carbocycles. The van der Waals surface area contributed by atoms with Gasteiger partial charge in [0.2, 0.25) is 5.71 Å². The molecule has 0 fully saturated rings. The van der Waals surface area contributed by atoms with Crippen LogP contribution in [0.15, 0.2) is 81.6 Å². The second kappa shape index (κ2) is 6.60. The Balaban J connectivity index is 1.49. The van der Waals surface area contributed by atoms with Crippen LogP contribution in [0.5, 0.6) is 0 Å². The molecule has 0 spiro atoms. The third kappa shape index (κ3) is 2.50. The number of rotatable bonds is 2. The molecule has 3 heteroatoms. The van der Waals surface area contributed by atoms with Crippen molar-refractivity contribution in [3.63, 3.8) is 0 Å². The molecule has 0 saturated carbocycles. The van der Waals surface area contributed by atoms with Crippen LogP contribution in [0.1, 0.15) is 50.3 Å². The second-order valence-electron chi connectivity index (χ2n) is 10.2. The highest BCUT2D eigenvalue weighted by molar-refractivity contribution is 6.05. The lowest BCUT2D eigenvalue weighted by atomic mass is 9.80. The molecule has 34 heavy (non-hydrogen) atoms. The first-order valence-corrected chi connectivity index (χ1v) is 11.9. The molecule has 0 amide bonds. The van der Waals surface area contributed by atoms with E-state index in [1.807, 2.05) is 18.2 Å². The van der Waals surface area contributed by atoms with Crippen molar-refractivity contribution in [2.75, 3.05) is 0 Å². The molecular weight excluding hydrogens is 418 g/mol. The summed E-state index contributed by atoms with van der Waals surface area (Å²) in [4.78, 5) is 4.96. The molecule has 0 radical (unpaired) electrons. The standard InChI is InChI=1S/C31H25NO2/c1-17(2)18-12-15-26-22(16-18)28-29(33-26)27-21(9-7-10-23(27)31(28,3)4)24-14-13-20-19-8-5-6-11-25(19)34-30(20)32-24/h5-17H,1-4H3. The zero-order valence-electron chi connectivity index (χ0n) is 19.8. The van der Waals surface area contributed by atoms with Gasteiger partial charge in [0, 0.05) is 38.3 Å². The lowest BCUT2D eigenvalue weighted by molar-refractivity contribution is 0.619. The number of para-hydroxylation sites is 1. The third-order valence-corrected chi connectivity index (χ3v) is 7.49. The van der Waals surface area contributed by atoms with E-state index in [0.29, 0.717) is 11.6 Å². The molecule has 3 heterocycles. The summed E-state index contributed by atoms with van der Waals surface area (Å²) in [7, 11) is 0. The third-order valence-electron chi connectivity index (χ3n) is 7.49. The van der Waals surface area contributed by atoms with Crippen molar-refractivity contribution >= 4 is 33.0 Å². The Morgan fingerprint density at radius 3 is 2.44 bits per heavy atom. The van der Waals surface area contributed by atoms with E-state index in [1.165, 1.54) is 22.1 Å². The lowest BCUT2D eigenvalue weighted by Crippen LogP contribution is -2.15. The fourth-order valence-corrected chi connectivity index (χ4v) is 5.69. The van der Waals surface area contributed by atoms with Gasteiger partial charge in [-0.05, 0) is 47.4 Å². The first kappa shape index (κ1) is 19.6. The van der Waals surface area contributed by atoms with Gasteiger partial charge < -0.3 is 8.83 Å². The van der Waals surface area contributed by atoms with Crippen LogP contribution in [0, 0.1) is 0 Å². The number of fused-ring (bicyclic) bond motifs is 8. The topological polar surface area (TPSA) is 39.2 Å². The van der Waals surface area contributed by atoms with Gasteiger partial charge in [0.05, 0.1) is 5.69 Å². The van der Waals surface area contributed by atoms with Crippen LogP contribution in [0.3, 0.4) is 0 Å². The minimum Gasteiger partial charge on any atom is -0.456 e. The fourth-order valence-electron chi connectivity index (χ4n) is 5.69. The normalized spacial score (nSPS) is 14.4. The van der Waals surface area contributed by atoms with Crippen molar-refractivity contribution < 1.29 is 8.83 Å². The number of nitrogens with zero attached hydrogens (tertiary/aromatic N) is 1. The maximum atomic E-state index is 6.55. The minimum absolute atomic E-state index is 0.162. The molecule has 1 aliphatic rings. The van der Waals surface area contributed by atoms with Crippen molar-refractivity contribution in [2.45, 2.75) is 39.0 Å². The Bertz CT molecular complexity index is 1760. The Labute approximate surface area is 198 Å². The Morgan fingerprint density at radius 2 is 1.59 bits per heavy atom. The van der Waals surface area contributed by atoms with Gasteiger partial charge in [-0.25, -0.2) is 4.98 Å². The molecule has 6 aromatic rings. The monoisotopic (exact) mass is 443 g/mol. The minimum atomic E-state index is -0.162. The number of pyridine rings is 1. The van der Waals surface area contributed by atoms with E-state index >= 15 is 0 Å². The average molecular weight is 444 g/mol. The van der Waals surface area contributed by atoms with E-state index in [0.717, 1.165) is 44.5 Å². The molecule has 0 N–H and O–H groups in total. The van der Waals surface area contributed by atoms with E-state index in [2.05, 4.69) is 82.3 Å². The molecule has 3 nitrogen and oxygen atoms in total. The van der Waals surface area contributed by atoms with Gasteiger partial charge in [-0.15, -0.1) is 0 Å². The second-order valence-corrected chi connectivity index (χ2v) is 10.2. The molecule has 7 rings (SSSR count). The Hall–Kier alpha value is -3.85. The van der Waals surface area contributed by atoms with Crippen LogP contribution in [-0.4, -0.2) is 4.98 Å². The molecular formula is C31H25NO2. The van der Waals surface area contributed by atoms with E-state index < -0.39 is 0 Å². The lowest BCUT2D eigenvalue weighted by Gasteiger charge is -2.21. The molecule has 3 aromatic heterocycles. The fraction of sp³-hybridized carbons (Fsp3) is 0.194. The van der Waals surface area contributed by atoms with Gasteiger partial charge in [0.1, 0.15) is 16.9 Å². The number of furan rings is 2. The highest BCUT2D eigenvalue weighted by Crippen LogP contribution is 2.55. The van der Waals surface area contributed by atoms with Crippen LogP contribution in [0.25, 0.3) is 55.6 Å². The zero-order valence-corrected chi connectivity index (χ0v) is 19.8. The molecule has 0 unspecified atom stereocenters. The highest BCUT2D eigenvalue weighted by Gasteiger charge is 2.41. The highest BCUT2D eigenvalue weighted by atomic mass is 16.3. The van der Waals surface area contributed by atoms with Gasteiger partial charge in [0.25, 0.3) is 0 Å². The van der Waals surface area contributed by atoms with Crippen molar-refractivity contribution in [3.8, 4) is 22.6 Å². The summed E-state index contributed by atoms with van der Waals surface area (Å²) in [6.45, 7) is 9.07. The van der Waals surface area contributed by atoms with Crippen LogP contribution in [0.2, 0.25) is 0 Å². The Kier molecular flexibility index (Phi) is 3.81. The number of benzene rings is 3. The maximum absolute atomic E-state index is 6.55. The van der Waals surface area contributed by atoms with Crippen molar-refractivity contribution in [1.82, 2.24) is 4.98 Å². The quantitative estimate of drug-likeness (QED) is 0.268. The summed E-state index contributed by atoms with van der Waals surface area (Å²) >= 11 is 0. The molecule has 0 atom stereocenters. The van der Waals surface area contributed by atoms with E-state index in [1.54, 1.807) is 0 Å². The molecule has 1 aliphatic carbocycles. The van der Waals surface area contributed by atoms with Gasteiger partial charge in [-0.2, -0.15) is 0 Å². The largest absolute Gasteiger partial charge is 0.456 e. The SMILES string of the molecule is CC(C)c1ccc2oc3c(c2c1)C(C)(C)c1cccc(-c2ccc4c(n2)oc2ccccc24)c1-3. The number of aromatic nitrogens is 1. The molecule has 0 bridgehead atoms. The molecule has 0 aliphatic heterocycles. The zero-order chi connectivity index (χ0) is 23.2. The van der Waals surface area contributed by atoms with E-state index in [9.17, 15) is 0 Å². The van der Waals surface area contributed by atoms with Gasteiger partial charge in [0.15, 0.2) is 0 Å². The summed E-state index contributed by atoms with van der Waals surface area (Å²) < 4.78 is 12.6. The van der Waals surface area contributed by atoms with Crippen molar-refractivity contribution in [3.05, 3.63) is 89.5 Å². The number of hydrogen-bond donors (Lipinski definition) is 0. The smallest absolute Gasteiger partial charge is 0.227 e. The predicted molar refractivity (Wildman–Crippen MR) is 138 cm³/mol. The van der Waals surface area contributed by atoms with Crippen LogP contribution < -0.4 is 0 Å². The van der Waals surface area contributed by atoms with Gasteiger partial charge >= 0.3 is 0 Å². The van der Waals surface area contributed by atoms with E-state index in [-0.39, 0.29) is 5.41 Å². The predicted octanol–water partition coefficient (Wildman–Crippen LogP) is 8.82. The Morgan fingerprint density at radius 1 is 0.765 bits per heavy atom. The average Bonchev–Trinajstić information content (AvgIpc) is 3.47. The molecule has 166 valence electrons. The van der Waals surface area contributed by atoms with Crippen LogP contribution in [-0.2, 0) is 5.41 Å². The van der Waals surface area contributed by atoms with Gasteiger partial charge in [-0.3, -0.25) is 0 Å². The summed E-state index contributed by atoms with van der Waals surface area (Å²) in [5.41, 5.74) is 9.33. The number of hydrogen-bond acceptors (Lipinski definition) is 3. The summed E-state index contributed by atoms with van der Waals surface area (Å²) in [5.74, 6) is 1.44. The van der Waals surface area contributed by atoms with Crippen molar-refractivity contribution in [1.29, 1.82) is 0 Å². The van der Waals surface area contributed by atoms with Crippen molar-refractivity contribution in [2.24, 2.45) is 0 Å². The first-order chi connectivity index (χ1) is 16.4. The molecule has 0 saturated heterocycles.